The summed E-state index contributed by atoms with van der Waals surface area (Å²) in [5, 5.41) is 6.41. The van der Waals surface area contributed by atoms with Gasteiger partial charge in [-0.2, -0.15) is 0 Å². The van der Waals surface area contributed by atoms with Gasteiger partial charge in [-0.1, -0.05) is 18.2 Å². The molecule has 0 saturated carbocycles. The molecule has 1 aliphatic heterocycles. The second kappa shape index (κ2) is 7.28. The van der Waals surface area contributed by atoms with Crippen LogP contribution in [0.5, 0.6) is 0 Å². The Morgan fingerprint density at radius 1 is 1.29 bits per heavy atom. The summed E-state index contributed by atoms with van der Waals surface area (Å²) >= 11 is 0. The fourth-order valence-corrected chi connectivity index (χ4v) is 3.32. The molecular weight excluding hydrogens is 284 g/mol. The number of carbonyl (C=O) groups excluding carboxylic acids is 1. The van der Waals surface area contributed by atoms with Crippen LogP contribution in [0.15, 0.2) is 18.2 Å². The number of halogens is 1. The normalized spacial score (nSPS) is 22.0. The van der Waals surface area contributed by atoms with Crippen LogP contribution in [-0.4, -0.2) is 19.0 Å². The summed E-state index contributed by atoms with van der Waals surface area (Å²) in [4.78, 5) is 12.2. The Hall–Kier alpha value is -1.06. The average Bonchev–Trinajstić information content (AvgIpc) is 3.01. The van der Waals surface area contributed by atoms with E-state index in [0.717, 1.165) is 19.5 Å². The third-order valence-corrected chi connectivity index (χ3v) is 4.66. The average molecular weight is 309 g/mol. The van der Waals surface area contributed by atoms with Crippen LogP contribution in [0.4, 0.5) is 0 Å². The summed E-state index contributed by atoms with van der Waals surface area (Å²) in [6.45, 7) is 3.87. The van der Waals surface area contributed by atoms with Crippen molar-refractivity contribution in [2.45, 2.75) is 45.1 Å². The van der Waals surface area contributed by atoms with Gasteiger partial charge in [0, 0.05) is 6.54 Å². The van der Waals surface area contributed by atoms with Crippen LogP contribution in [-0.2, 0) is 17.6 Å². The Morgan fingerprint density at radius 3 is 2.76 bits per heavy atom. The van der Waals surface area contributed by atoms with Gasteiger partial charge >= 0.3 is 0 Å². The van der Waals surface area contributed by atoms with E-state index in [9.17, 15) is 4.79 Å². The van der Waals surface area contributed by atoms with Crippen LogP contribution < -0.4 is 10.6 Å². The summed E-state index contributed by atoms with van der Waals surface area (Å²) in [7, 11) is 0. The second-order valence-electron chi connectivity index (χ2n) is 6.16. The molecule has 116 valence electrons. The predicted octanol–water partition coefficient (Wildman–Crippen LogP) is 2.77. The van der Waals surface area contributed by atoms with E-state index in [0.29, 0.717) is 0 Å². The Bertz CT molecular complexity index is 498. The lowest BCUT2D eigenvalue weighted by atomic mass is 9.89. The number of amides is 1. The van der Waals surface area contributed by atoms with Crippen LogP contribution in [0.2, 0.25) is 0 Å². The molecule has 21 heavy (non-hydrogen) atoms. The van der Waals surface area contributed by atoms with Crippen LogP contribution in [0.3, 0.4) is 0 Å². The largest absolute Gasteiger partial charge is 0.349 e. The number of nitrogens with one attached hydrogen (secondary N) is 2. The smallest absolute Gasteiger partial charge is 0.224 e. The van der Waals surface area contributed by atoms with E-state index in [1.807, 2.05) is 0 Å². The zero-order valence-electron chi connectivity index (χ0n) is 12.7. The molecule has 1 fully saturated rings. The van der Waals surface area contributed by atoms with E-state index in [1.165, 1.54) is 42.4 Å². The molecule has 1 amide bonds. The van der Waals surface area contributed by atoms with Crippen molar-refractivity contribution in [3.8, 4) is 0 Å². The molecule has 2 unspecified atom stereocenters. The first kappa shape index (κ1) is 16.3. The summed E-state index contributed by atoms with van der Waals surface area (Å²) < 4.78 is 0. The minimum absolute atomic E-state index is 0. The molecule has 0 bridgehead atoms. The quantitative estimate of drug-likeness (QED) is 0.901. The Kier molecular flexibility index (Phi) is 5.65. The Balaban J connectivity index is 0.00000161. The number of aryl methyl sites for hydroxylation is 2. The Morgan fingerprint density at radius 2 is 2.05 bits per heavy atom. The highest BCUT2D eigenvalue weighted by Crippen LogP contribution is 2.25. The highest BCUT2D eigenvalue weighted by Gasteiger charge is 2.24. The number of hydrogen-bond acceptors (Lipinski definition) is 2. The maximum absolute atomic E-state index is 12.2. The highest BCUT2D eigenvalue weighted by atomic mass is 35.5. The lowest BCUT2D eigenvalue weighted by molar-refractivity contribution is -0.125. The topological polar surface area (TPSA) is 41.1 Å². The summed E-state index contributed by atoms with van der Waals surface area (Å²) in [6, 6.07) is 6.84. The highest BCUT2D eigenvalue weighted by molar-refractivity contribution is 5.85. The van der Waals surface area contributed by atoms with Gasteiger partial charge in [0.2, 0.25) is 5.91 Å². The lowest BCUT2D eigenvalue weighted by Crippen LogP contribution is -2.33. The minimum Gasteiger partial charge on any atom is -0.349 e. The molecule has 2 aliphatic rings. The summed E-state index contributed by atoms with van der Waals surface area (Å²) in [6.07, 6.45) is 5.97. The number of benzene rings is 1. The van der Waals surface area contributed by atoms with Crippen molar-refractivity contribution in [1.29, 1.82) is 0 Å². The zero-order valence-corrected chi connectivity index (χ0v) is 13.5. The van der Waals surface area contributed by atoms with Crippen molar-refractivity contribution >= 4 is 18.3 Å². The molecule has 0 spiro atoms. The van der Waals surface area contributed by atoms with Crippen molar-refractivity contribution in [2.75, 3.05) is 13.1 Å². The molecule has 1 aliphatic carbocycles. The van der Waals surface area contributed by atoms with Crippen molar-refractivity contribution < 1.29 is 4.79 Å². The van der Waals surface area contributed by atoms with Gasteiger partial charge in [-0.25, -0.2) is 0 Å². The SMILES string of the molecule is CC(NC(=O)C1CCNC1)c1ccc2c(c1)CCCC2.Cl. The second-order valence-corrected chi connectivity index (χ2v) is 6.16. The summed E-state index contributed by atoms with van der Waals surface area (Å²) in [5.74, 6) is 0.343. The zero-order chi connectivity index (χ0) is 13.9. The van der Waals surface area contributed by atoms with Crippen LogP contribution in [0, 0.1) is 5.92 Å². The van der Waals surface area contributed by atoms with Gasteiger partial charge in [-0.15, -0.1) is 12.4 Å². The fraction of sp³-hybridized carbons (Fsp3) is 0.588. The van der Waals surface area contributed by atoms with Crippen LogP contribution >= 0.6 is 12.4 Å². The van der Waals surface area contributed by atoms with Crippen molar-refractivity contribution in [1.82, 2.24) is 10.6 Å². The third kappa shape index (κ3) is 3.78. The van der Waals surface area contributed by atoms with Gasteiger partial charge < -0.3 is 10.6 Å². The molecule has 3 rings (SSSR count). The molecule has 4 heteroatoms. The number of fused-ring (bicyclic) bond motifs is 1. The molecule has 1 saturated heterocycles. The first-order chi connectivity index (χ1) is 9.74. The molecular formula is C17H25ClN2O. The molecule has 0 aromatic heterocycles. The molecule has 3 nitrogen and oxygen atoms in total. The van der Waals surface area contributed by atoms with E-state index >= 15 is 0 Å². The van der Waals surface area contributed by atoms with Gasteiger partial charge in [0.1, 0.15) is 0 Å². The predicted molar refractivity (Wildman–Crippen MR) is 87.9 cm³/mol. The summed E-state index contributed by atoms with van der Waals surface area (Å²) in [5.41, 5.74) is 4.22. The molecule has 2 atom stereocenters. The maximum Gasteiger partial charge on any atom is 0.224 e. The van der Waals surface area contributed by atoms with Crippen molar-refractivity contribution in [2.24, 2.45) is 5.92 Å². The number of carbonyl (C=O) groups is 1. The first-order valence-corrected chi connectivity index (χ1v) is 7.87. The molecule has 0 radical (unpaired) electrons. The Labute approximate surface area is 133 Å². The van der Waals surface area contributed by atoms with Gasteiger partial charge in [0.05, 0.1) is 12.0 Å². The third-order valence-electron chi connectivity index (χ3n) is 4.66. The van der Waals surface area contributed by atoms with Crippen molar-refractivity contribution in [3.05, 3.63) is 34.9 Å². The molecule has 2 N–H and O–H groups in total. The lowest BCUT2D eigenvalue weighted by Gasteiger charge is -2.21. The first-order valence-electron chi connectivity index (χ1n) is 7.87. The van der Waals surface area contributed by atoms with Gasteiger partial charge in [0.25, 0.3) is 0 Å². The van der Waals surface area contributed by atoms with Gasteiger partial charge in [-0.3, -0.25) is 4.79 Å². The van der Waals surface area contributed by atoms with Crippen molar-refractivity contribution in [3.63, 3.8) is 0 Å². The van der Waals surface area contributed by atoms with Gasteiger partial charge in [-0.05, 0) is 62.3 Å². The van der Waals surface area contributed by atoms with Crippen LogP contribution in [0.1, 0.15) is 48.9 Å². The van der Waals surface area contributed by atoms with Gasteiger partial charge in [0.15, 0.2) is 0 Å². The molecule has 1 aromatic rings. The standard InChI is InChI=1S/C17H24N2O.ClH/c1-12(19-17(20)16-8-9-18-11-16)14-7-6-13-4-2-3-5-15(13)10-14;/h6-7,10,12,16,18H,2-5,8-9,11H2,1H3,(H,19,20);1H. The maximum atomic E-state index is 12.2. The van der Waals surface area contributed by atoms with E-state index in [-0.39, 0.29) is 30.3 Å². The minimum atomic E-state index is 0. The number of hydrogen-bond donors (Lipinski definition) is 2. The molecule has 1 aromatic carbocycles. The molecule has 1 heterocycles. The fourth-order valence-electron chi connectivity index (χ4n) is 3.32. The number of rotatable bonds is 3. The van der Waals surface area contributed by atoms with E-state index in [2.05, 4.69) is 35.8 Å². The van der Waals surface area contributed by atoms with E-state index in [4.69, 9.17) is 0 Å². The van der Waals surface area contributed by atoms with Crippen LogP contribution in [0.25, 0.3) is 0 Å². The van der Waals surface area contributed by atoms with E-state index in [1.54, 1.807) is 0 Å². The monoisotopic (exact) mass is 308 g/mol. The van der Waals surface area contributed by atoms with E-state index < -0.39 is 0 Å².